The van der Waals surface area contributed by atoms with Gasteiger partial charge in [0, 0.05) is 66.0 Å². The molecule has 3 aromatic heterocycles. The molecular weight excluding hydrogens is 586 g/mol. The molecule has 45 heavy (non-hydrogen) atoms. The third kappa shape index (κ3) is 6.70. The van der Waals surface area contributed by atoms with Crippen molar-refractivity contribution >= 4 is 39.5 Å². The number of fused-ring (bicyclic) bond motifs is 1. The Hall–Kier alpha value is -5.10. The average Bonchev–Trinajstić information content (AvgIpc) is 3.68. The maximum Gasteiger partial charge on any atom is 0.255 e. The molecule has 226 valence electrons. The predicted octanol–water partition coefficient (Wildman–Crippen LogP) is 6.23. The van der Waals surface area contributed by atoms with Crippen LogP contribution in [0, 0.1) is 0 Å². The summed E-state index contributed by atoms with van der Waals surface area (Å²) in [7, 11) is 0. The van der Waals surface area contributed by atoms with E-state index in [0.29, 0.717) is 29.5 Å². The van der Waals surface area contributed by atoms with Gasteiger partial charge in [-0.15, -0.1) is 11.3 Å². The van der Waals surface area contributed by atoms with Crippen molar-refractivity contribution in [1.29, 1.82) is 0 Å². The van der Waals surface area contributed by atoms with Crippen molar-refractivity contribution in [3.05, 3.63) is 108 Å². The molecule has 10 nitrogen and oxygen atoms in total. The van der Waals surface area contributed by atoms with Gasteiger partial charge in [-0.3, -0.25) is 14.1 Å². The minimum atomic E-state index is -0.170. The number of amides is 1. The molecule has 1 saturated heterocycles. The van der Waals surface area contributed by atoms with Gasteiger partial charge >= 0.3 is 0 Å². The molecule has 0 unspecified atom stereocenters. The van der Waals surface area contributed by atoms with Crippen LogP contribution in [0.15, 0.2) is 103 Å². The zero-order valence-corrected chi connectivity index (χ0v) is 25.2. The number of nitrogens with one attached hydrogen (secondary N) is 2. The van der Waals surface area contributed by atoms with Crippen molar-refractivity contribution in [3.8, 4) is 28.4 Å². The van der Waals surface area contributed by atoms with Crippen LogP contribution in [0.1, 0.15) is 10.4 Å². The lowest BCUT2D eigenvalue weighted by atomic mass is 10.1. The molecule has 7 rings (SSSR count). The maximum absolute atomic E-state index is 12.8. The third-order valence-corrected chi connectivity index (χ3v) is 8.22. The fraction of sp³-hybridized carbons (Fsp3) is 0.176. The molecular formula is C34H31N7O3S. The van der Waals surface area contributed by atoms with Crippen LogP contribution in [-0.2, 0) is 4.74 Å². The van der Waals surface area contributed by atoms with Crippen LogP contribution < -0.4 is 15.4 Å². The SMILES string of the molecule is O=C(Nc1cccc(-c2nc3sccn3c2-c2ccnc(Nc3cccc(OCCN4CCOCC4)c3)n2)c1)c1ccccc1. The molecule has 3 aromatic carbocycles. The number of carbonyl (C=O) groups is 1. The van der Waals surface area contributed by atoms with Crippen molar-refractivity contribution < 1.29 is 14.3 Å². The van der Waals surface area contributed by atoms with Crippen LogP contribution >= 0.6 is 11.3 Å². The van der Waals surface area contributed by atoms with E-state index < -0.39 is 0 Å². The van der Waals surface area contributed by atoms with Gasteiger partial charge in [0.05, 0.1) is 24.6 Å². The number of hydrogen-bond donors (Lipinski definition) is 2. The number of rotatable bonds is 10. The molecule has 0 aliphatic carbocycles. The number of imidazole rings is 1. The summed E-state index contributed by atoms with van der Waals surface area (Å²) in [6.45, 7) is 4.89. The molecule has 11 heteroatoms. The minimum Gasteiger partial charge on any atom is -0.492 e. The summed E-state index contributed by atoms with van der Waals surface area (Å²) in [5, 5.41) is 8.33. The normalized spacial score (nSPS) is 13.5. The molecule has 0 bridgehead atoms. The number of benzene rings is 3. The molecule has 4 heterocycles. The molecule has 1 aliphatic heterocycles. The van der Waals surface area contributed by atoms with Gasteiger partial charge in [0.1, 0.15) is 18.1 Å². The number of nitrogens with zero attached hydrogens (tertiary/aromatic N) is 5. The highest BCUT2D eigenvalue weighted by Crippen LogP contribution is 2.35. The minimum absolute atomic E-state index is 0.170. The second-order valence-corrected chi connectivity index (χ2v) is 11.4. The summed E-state index contributed by atoms with van der Waals surface area (Å²) in [6, 6.07) is 26.5. The first-order valence-electron chi connectivity index (χ1n) is 14.8. The van der Waals surface area contributed by atoms with E-state index in [4.69, 9.17) is 19.4 Å². The van der Waals surface area contributed by atoms with Crippen molar-refractivity contribution in [3.63, 3.8) is 0 Å². The quantitative estimate of drug-likeness (QED) is 0.187. The summed E-state index contributed by atoms with van der Waals surface area (Å²) in [5.74, 6) is 1.07. The van der Waals surface area contributed by atoms with E-state index in [1.54, 1.807) is 29.7 Å². The highest BCUT2D eigenvalue weighted by atomic mass is 32.1. The van der Waals surface area contributed by atoms with Crippen molar-refractivity contribution in [2.24, 2.45) is 0 Å². The Labute approximate surface area is 264 Å². The van der Waals surface area contributed by atoms with Crippen LogP contribution in [0.2, 0.25) is 0 Å². The number of aromatic nitrogens is 4. The van der Waals surface area contributed by atoms with Gasteiger partial charge in [0.2, 0.25) is 5.95 Å². The van der Waals surface area contributed by atoms with Gasteiger partial charge in [-0.1, -0.05) is 36.4 Å². The number of ether oxygens (including phenoxy) is 2. The molecule has 0 saturated carbocycles. The maximum atomic E-state index is 12.8. The van der Waals surface area contributed by atoms with Gasteiger partial charge in [-0.25, -0.2) is 15.0 Å². The Balaban J connectivity index is 1.11. The molecule has 0 radical (unpaired) electrons. The second kappa shape index (κ2) is 13.3. The number of morpholine rings is 1. The monoisotopic (exact) mass is 617 g/mol. The lowest BCUT2D eigenvalue weighted by Crippen LogP contribution is -2.38. The molecule has 2 N–H and O–H groups in total. The fourth-order valence-corrected chi connectivity index (χ4v) is 5.94. The van der Waals surface area contributed by atoms with E-state index in [9.17, 15) is 4.79 Å². The lowest BCUT2D eigenvalue weighted by Gasteiger charge is -2.26. The first-order valence-corrected chi connectivity index (χ1v) is 15.6. The van der Waals surface area contributed by atoms with E-state index in [1.807, 2.05) is 88.8 Å². The standard InChI is InChI=1S/C34H31N7O3S/c42-32(24-6-2-1-3-7-24)36-26-9-4-8-25(22-26)30-31(41-17-21-45-34(41)39-30)29-12-13-35-33(38-29)37-27-10-5-11-28(23-27)44-20-16-40-14-18-43-19-15-40/h1-13,17,21-23H,14-16,18-20H2,(H,36,42)(H,35,37,38). The Morgan fingerprint density at radius 1 is 0.933 bits per heavy atom. The summed E-state index contributed by atoms with van der Waals surface area (Å²) < 4.78 is 13.5. The van der Waals surface area contributed by atoms with Gasteiger partial charge in [0.15, 0.2) is 4.96 Å². The highest BCUT2D eigenvalue weighted by Gasteiger charge is 2.19. The van der Waals surface area contributed by atoms with Gasteiger partial charge in [-0.05, 0) is 42.5 Å². The smallest absolute Gasteiger partial charge is 0.255 e. The zero-order valence-electron chi connectivity index (χ0n) is 24.4. The lowest BCUT2D eigenvalue weighted by molar-refractivity contribution is 0.0322. The van der Waals surface area contributed by atoms with Crippen molar-refractivity contribution in [1.82, 2.24) is 24.3 Å². The molecule has 1 fully saturated rings. The number of anilines is 3. The summed E-state index contributed by atoms with van der Waals surface area (Å²) in [4.78, 5) is 30.3. The predicted molar refractivity (Wildman–Crippen MR) is 176 cm³/mol. The van der Waals surface area contributed by atoms with Crippen LogP contribution in [-0.4, -0.2) is 69.6 Å². The van der Waals surface area contributed by atoms with E-state index >= 15 is 0 Å². The highest BCUT2D eigenvalue weighted by molar-refractivity contribution is 7.15. The molecule has 1 amide bonds. The summed E-state index contributed by atoms with van der Waals surface area (Å²) in [5.41, 5.74) is 5.28. The third-order valence-electron chi connectivity index (χ3n) is 7.46. The van der Waals surface area contributed by atoms with Crippen molar-refractivity contribution in [2.75, 3.05) is 50.1 Å². The van der Waals surface area contributed by atoms with Crippen molar-refractivity contribution in [2.45, 2.75) is 0 Å². The molecule has 1 aliphatic rings. The van der Waals surface area contributed by atoms with E-state index in [2.05, 4.69) is 20.5 Å². The van der Waals surface area contributed by atoms with Crippen LogP contribution in [0.4, 0.5) is 17.3 Å². The van der Waals surface area contributed by atoms with Crippen LogP contribution in [0.25, 0.3) is 27.6 Å². The fourth-order valence-electron chi connectivity index (χ4n) is 5.23. The van der Waals surface area contributed by atoms with E-state index in [1.165, 1.54) is 0 Å². The number of carbonyl (C=O) groups excluding carboxylic acids is 1. The van der Waals surface area contributed by atoms with Crippen LogP contribution in [0.5, 0.6) is 5.75 Å². The topological polar surface area (TPSA) is 106 Å². The second-order valence-electron chi connectivity index (χ2n) is 10.5. The Morgan fingerprint density at radius 2 is 1.78 bits per heavy atom. The number of thiazole rings is 1. The van der Waals surface area contributed by atoms with E-state index in [0.717, 1.165) is 66.2 Å². The Kier molecular flexibility index (Phi) is 8.45. The molecule has 6 aromatic rings. The van der Waals surface area contributed by atoms with Gasteiger partial charge in [-0.2, -0.15) is 0 Å². The Morgan fingerprint density at radius 3 is 2.67 bits per heavy atom. The summed E-state index contributed by atoms with van der Waals surface area (Å²) >= 11 is 1.55. The first kappa shape index (κ1) is 28.7. The van der Waals surface area contributed by atoms with E-state index in [-0.39, 0.29) is 5.91 Å². The Bertz CT molecular complexity index is 1920. The first-order chi connectivity index (χ1) is 22.2. The van der Waals surface area contributed by atoms with Crippen LogP contribution in [0.3, 0.4) is 0 Å². The van der Waals surface area contributed by atoms with Gasteiger partial charge in [0.25, 0.3) is 5.91 Å². The molecule has 0 atom stereocenters. The summed E-state index contributed by atoms with van der Waals surface area (Å²) in [6.07, 6.45) is 3.72. The largest absolute Gasteiger partial charge is 0.492 e. The molecule has 0 spiro atoms. The van der Waals surface area contributed by atoms with Gasteiger partial charge < -0.3 is 20.1 Å². The number of hydrogen-bond acceptors (Lipinski definition) is 9. The average molecular weight is 618 g/mol. The zero-order chi connectivity index (χ0) is 30.4.